The Hall–Kier alpha value is -6.38. The average Bonchev–Trinajstić information content (AvgIpc) is 3.53. The fourth-order valence-corrected chi connectivity index (χ4v) is 7.43. The monoisotopic (exact) mass is 611 g/mol. The Morgan fingerprint density at radius 2 is 0.875 bits per heavy atom. The number of benzene rings is 9. The van der Waals surface area contributed by atoms with Gasteiger partial charge in [0.05, 0.1) is 0 Å². The van der Waals surface area contributed by atoms with Crippen molar-refractivity contribution in [2.75, 3.05) is 4.90 Å². The minimum absolute atomic E-state index is 0.918. The lowest BCUT2D eigenvalue weighted by Crippen LogP contribution is -2.09. The molecule has 0 N–H and O–H groups in total. The van der Waals surface area contributed by atoms with Crippen molar-refractivity contribution >= 4 is 82.1 Å². The fraction of sp³-hybridized carbons (Fsp3) is 0. The molecule has 10 aromatic rings. The molecule has 0 aliphatic rings. The van der Waals surface area contributed by atoms with Crippen LogP contribution in [0.25, 0.3) is 76.2 Å². The van der Waals surface area contributed by atoms with Crippen molar-refractivity contribution in [2.24, 2.45) is 0 Å². The number of furan rings is 1. The molecule has 0 spiro atoms. The van der Waals surface area contributed by atoms with E-state index in [9.17, 15) is 0 Å². The smallest absolute Gasteiger partial charge is 0.135 e. The van der Waals surface area contributed by atoms with Gasteiger partial charge in [0.2, 0.25) is 0 Å². The van der Waals surface area contributed by atoms with Gasteiger partial charge in [0.15, 0.2) is 0 Å². The first kappa shape index (κ1) is 26.8. The molecular weight excluding hydrogens is 583 g/mol. The van der Waals surface area contributed by atoms with Crippen LogP contribution in [0.1, 0.15) is 0 Å². The van der Waals surface area contributed by atoms with E-state index in [1.54, 1.807) is 0 Å². The Balaban J connectivity index is 1.09. The number of fused-ring (bicyclic) bond motifs is 9. The number of hydrogen-bond acceptors (Lipinski definition) is 2. The molecule has 10 rings (SSSR count). The molecule has 0 fully saturated rings. The summed E-state index contributed by atoms with van der Waals surface area (Å²) in [5.74, 6) is 0. The van der Waals surface area contributed by atoms with Crippen molar-refractivity contribution in [2.45, 2.75) is 0 Å². The summed E-state index contributed by atoms with van der Waals surface area (Å²) in [6.45, 7) is 0. The molecular formula is C46H29NO. The summed E-state index contributed by atoms with van der Waals surface area (Å²) >= 11 is 0. The maximum atomic E-state index is 6.08. The highest BCUT2D eigenvalue weighted by Crippen LogP contribution is 2.40. The standard InChI is InChI=1S/C46H29NO/c1-2-9-36(10-3-1)47(38-21-16-31-19-23-40-39-11-5-4-8-30(39)18-24-41(40)43(31)29-38)37-22-17-33-26-32(14-15-34(33)27-37)35-20-25-46-44(28-35)42-12-6-7-13-45(42)48-46/h1-29H. The van der Waals surface area contributed by atoms with Gasteiger partial charge in [0.25, 0.3) is 0 Å². The molecule has 1 aromatic heterocycles. The second-order valence-corrected chi connectivity index (χ2v) is 12.6. The summed E-state index contributed by atoms with van der Waals surface area (Å²) in [6.07, 6.45) is 0. The second-order valence-electron chi connectivity index (χ2n) is 12.6. The third-order valence-corrected chi connectivity index (χ3v) is 9.79. The molecule has 2 nitrogen and oxygen atoms in total. The van der Waals surface area contributed by atoms with Crippen molar-refractivity contribution in [1.82, 2.24) is 0 Å². The van der Waals surface area contributed by atoms with Crippen LogP contribution in [0.3, 0.4) is 0 Å². The summed E-state index contributed by atoms with van der Waals surface area (Å²) in [4.78, 5) is 2.37. The zero-order chi connectivity index (χ0) is 31.6. The molecule has 0 amide bonds. The lowest BCUT2D eigenvalue weighted by Gasteiger charge is -2.26. The third-order valence-electron chi connectivity index (χ3n) is 9.79. The van der Waals surface area contributed by atoms with Crippen LogP contribution in [-0.4, -0.2) is 0 Å². The highest BCUT2D eigenvalue weighted by atomic mass is 16.3. The lowest BCUT2D eigenvalue weighted by molar-refractivity contribution is 0.669. The van der Waals surface area contributed by atoms with E-state index in [1.165, 1.54) is 54.2 Å². The Kier molecular flexibility index (Phi) is 5.91. The summed E-state index contributed by atoms with van der Waals surface area (Å²) in [5, 5.41) is 12.3. The molecule has 9 aromatic carbocycles. The van der Waals surface area contributed by atoms with Crippen molar-refractivity contribution in [3.05, 3.63) is 176 Å². The molecule has 0 saturated carbocycles. The van der Waals surface area contributed by atoms with Gasteiger partial charge in [-0.15, -0.1) is 0 Å². The van der Waals surface area contributed by atoms with E-state index in [0.717, 1.165) is 39.0 Å². The number of para-hydroxylation sites is 2. The molecule has 0 bridgehead atoms. The SMILES string of the molecule is c1ccc(N(c2ccc3cc(-c4ccc5oc6ccccc6c5c4)ccc3c2)c2ccc3ccc4c5ccccc5ccc4c3c2)cc1. The quantitative estimate of drug-likeness (QED) is 0.184. The molecule has 0 radical (unpaired) electrons. The fourth-order valence-electron chi connectivity index (χ4n) is 7.43. The molecule has 0 aliphatic carbocycles. The topological polar surface area (TPSA) is 16.4 Å². The number of hydrogen-bond donors (Lipinski definition) is 0. The van der Waals surface area contributed by atoms with Crippen LogP contribution in [0.2, 0.25) is 0 Å². The van der Waals surface area contributed by atoms with Gasteiger partial charge in [0, 0.05) is 27.8 Å². The average molecular weight is 612 g/mol. The first-order chi connectivity index (χ1) is 23.8. The van der Waals surface area contributed by atoms with Crippen molar-refractivity contribution in [3.63, 3.8) is 0 Å². The van der Waals surface area contributed by atoms with E-state index in [2.05, 4.69) is 169 Å². The first-order valence-corrected chi connectivity index (χ1v) is 16.4. The summed E-state index contributed by atoms with van der Waals surface area (Å²) < 4.78 is 6.08. The van der Waals surface area contributed by atoms with Gasteiger partial charge in [-0.3, -0.25) is 0 Å². The molecule has 0 unspecified atom stereocenters. The van der Waals surface area contributed by atoms with Crippen LogP contribution in [0, 0.1) is 0 Å². The summed E-state index contributed by atoms with van der Waals surface area (Å²) in [5.41, 5.74) is 7.59. The summed E-state index contributed by atoms with van der Waals surface area (Å²) in [7, 11) is 0. The third kappa shape index (κ3) is 4.27. The molecule has 2 heteroatoms. The normalized spacial score (nSPS) is 11.8. The van der Waals surface area contributed by atoms with Gasteiger partial charge in [0.1, 0.15) is 11.2 Å². The predicted octanol–water partition coefficient (Wildman–Crippen LogP) is 13.3. The van der Waals surface area contributed by atoms with Crippen LogP contribution >= 0.6 is 0 Å². The first-order valence-electron chi connectivity index (χ1n) is 16.4. The van der Waals surface area contributed by atoms with Crippen LogP contribution in [0.5, 0.6) is 0 Å². The highest BCUT2D eigenvalue weighted by molar-refractivity contribution is 6.18. The Morgan fingerprint density at radius 1 is 0.292 bits per heavy atom. The van der Waals surface area contributed by atoms with Gasteiger partial charge in [-0.2, -0.15) is 0 Å². The number of nitrogens with zero attached hydrogens (tertiary/aromatic N) is 1. The Morgan fingerprint density at radius 3 is 1.75 bits per heavy atom. The molecule has 1 heterocycles. The van der Waals surface area contributed by atoms with Crippen LogP contribution in [0.4, 0.5) is 17.1 Å². The predicted molar refractivity (Wildman–Crippen MR) is 204 cm³/mol. The van der Waals surface area contributed by atoms with Crippen molar-refractivity contribution in [1.29, 1.82) is 0 Å². The highest BCUT2D eigenvalue weighted by Gasteiger charge is 2.15. The van der Waals surface area contributed by atoms with Crippen LogP contribution < -0.4 is 4.90 Å². The van der Waals surface area contributed by atoms with Gasteiger partial charge in [-0.05, 0) is 115 Å². The molecule has 224 valence electrons. The summed E-state index contributed by atoms with van der Waals surface area (Å²) in [6, 6.07) is 63.5. The largest absolute Gasteiger partial charge is 0.456 e. The molecule has 0 saturated heterocycles. The Bertz CT molecular complexity index is 2850. The second kappa shape index (κ2) is 10.6. The zero-order valence-electron chi connectivity index (χ0n) is 26.1. The minimum Gasteiger partial charge on any atom is -0.456 e. The zero-order valence-corrected chi connectivity index (χ0v) is 26.1. The van der Waals surface area contributed by atoms with E-state index in [-0.39, 0.29) is 0 Å². The maximum Gasteiger partial charge on any atom is 0.135 e. The lowest BCUT2D eigenvalue weighted by atomic mass is 9.96. The van der Waals surface area contributed by atoms with Crippen LogP contribution in [-0.2, 0) is 0 Å². The van der Waals surface area contributed by atoms with Gasteiger partial charge >= 0.3 is 0 Å². The van der Waals surface area contributed by atoms with Gasteiger partial charge in [-0.1, -0.05) is 115 Å². The molecule has 0 aliphatic heterocycles. The van der Waals surface area contributed by atoms with Gasteiger partial charge < -0.3 is 9.32 Å². The van der Waals surface area contributed by atoms with Crippen LogP contribution in [0.15, 0.2) is 180 Å². The maximum absolute atomic E-state index is 6.08. The molecule has 0 atom stereocenters. The van der Waals surface area contributed by atoms with E-state index in [0.29, 0.717) is 0 Å². The van der Waals surface area contributed by atoms with Gasteiger partial charge in [-0.25, -0.2) is 0 Å². The van der Waals surface area contributed by atoms with E-state index < -0.39 is 0 Å². The van der Waals surface area contributed by atoms with E-state index >= 15 is 0 Å². The number of rotatable bonds is 4. The molecule has 48 heavy (non-hydrogen) atoms. The van der Waals surface area contributed by atoms with Crippen molar-refractivity contribution in [3.8, 4) is 11.1 Å². The number of anilines is 3. The van der Waals surface area contributed by atoms with E-state index in [1.807, 2.05) is 12.1 Å². The minimum atomic E-state index is 0.918. The van der Waals surface area contributed by atoms with Crippen molar-refractivity contribution < 1.29 is 4.42 Å². The Labute approximate surface area is 277 Å². The van der Waals surface area contributed by atoms with E-state index in [4.69, 9.17) is 4.42 Å².